The predicted octanol–water partition coefficient (Wildman–Crippen LogP) is -1.39. The summed E-state index contributed by atoms with van der Waals surface area (Å²) < 4.78 is 4.49. The molecular formula is C17H28ClN3O8. The number of alkyl halides is 1. The third-order valence-corrected chi connectivity index (χ3v) is 4.37. The number of pyridine rings is 1. The Kier molecular flexibility index (Phi) is 11.8. The van der Waals surface area contributed by atoms with Crippen molar-refractivity contribution in [3.63, 3.8) is 0 Å². The molecule has 29 heavy (non-hydrogen) atoms. The highest BCUT2D eigenvalue weighted by atomic mass is 35.5. The summed E-state index contributed by atoms with van der Waals surface area (Å²) in [6.07, 6.45) is -0.154. The number of carboxylic acid groups (broad SMARTS) is 1. The SMILES string of the molecule is CC[C@H](C)[C@H](N)C(=O)O.NC(=O)c1cccnc1.OC[C@H]1OC(O)(Cl)[C@H](O)[C@@H]1O. The molecule has 1 aromatic heterocycles. The van der Waals surface area contributed by atoms with E-state index in [1.807, 2.05) is 13.8 Å². The lowest BCUT2D eigenvalue weighted by Gasteiger charge is -2.16. The van der Waals surface area contributed by atoms with E-state index in [4.69, 9.17) is 48.6 Å². The maximum absolute atomic E-state index is 10.4. The molecule has 1 amide bonds. The fourth-order valence-corrected chi connectivity index (χ4v) is 2.16. The van der Waals surface area contributed by atoms with Gasteiger partial charge in [0.1, 0.15) is 18.2 Å². The van der Waals surface area contributed by atoms with E-state index in [2.05, 4.69) is 9.72 Å². The number of carbonyl (C=O) groups is 2. The van der Waals surface area contributed by atoms with Crippen LogP contribution in [0.15, 0.2) is 24.5 Å². The van der Waals surface area contributed by atoms with E-state index in [1.165, 1.54) is 6.20 Å². The van der Waals surface area contributed by atoms with Crippen LogP contribution in [0.3, 0.4) is 0 Å². The largest absolute Gasteiger partial charge is 0.480 e. The van der Waals surface area contributed by atoms with Gasteiger partial charge in [-0.3, -0.25) is 14.6 Å². The maximum atomic E-state index is 10.4. The average Bonchev–Trinajstić information content (AvgIpc) is 2.90. The zero-order valence-corrected chi connectivity index (χ0v) is 16.8. The number of aliphatic hydroxyl groups excluding tert-OH is 3. The minimum absolute atomic E-state index is 0.0718. The van der Waals surface area contributed by atoms with Crippen LogP contribution in [-0.2, 0) is 9.53 Å². The van der Waals surface area contributed by atoms with Crippen molar-refractivity contribution in [1.82, 2.24) is 4.98 Å². The number of hydrogen-bond acceptors (Lipinski definition) is 9. The fourth-order valence-electron chi connectivity index (χ4n) is 1.92. The first-order valence-corrected chi connectivity index (χ1v) is 9.01. The van der Waals surface area contributed by atoms with Gasteiger partial charge < -0.3 is 41.7 Å². The van der Waals surface area contributed by atoms with Crippen LogP contribution in [0.1, 0.15) is 30.6 Å². The molecule has 0 aromatic carbocycles. The summed E-state index contributed by atoms with van der Waals surface area (Å²) in [7, 11) is 0. The van der Waals surface area contributed by atoms with E-state index in [-0.39, 0.29) is 5.92 Å². The number of rotatable bonds is 5. The molecule has 1 aliphatic heterocycles. The molecule has 0 aliphatic carbocycles. The molecule has 166 valence electrons. The van der Waals surface area contributed by atoms with E-state index in [1.54, 1.807) is 18.3 Å². The first-order chi connectivity index (χ1) is 13.4. The maximum Gasteiger partial charge on any atom is 0.320 e. The molecule has 12 heteroatoms. The second-order valence-electron chi connectivity index (χ2n) is 6.24. The molecular weight excluding hydrogens is 410 g/mol. The number of aliphatic hydroxyl groups is 4. The van der Waals surface area contributed by atoms with Gasteiger partial charge in [0.25, 0.3) is 5.25 Å². The highest BCUT2D eigenvalue weighted by Crippen LogP contribution is 2.31. The van der Waals surface area contributed by atoms with Crippen molar-refractivity contribution in [2.75, 3.05) is 6.61 Å². The van der Waals surface area contributed by atoms with Crippen molar-refractivity contribution < 1.29 is 39.9 Å². The van der Waals surface area contributed by atoms with E-state index in [9.17, 15) is 9.59 Å². The standard InChI is InChI=1S/C6H6N2O.C6H13NO2.C5H9ClO5/c7-6(9)5-2-1-3-8-4-5;1-3-4(2)5(7)6(8)9;6-5(10)4(9)3(8)2(1-7)11-5/h1-4H,(H2,7,9);4-5H,3,7H2,1-2H3,(H,8,9);2-4,7-10H,1H2/t;4-,5-;2-,3-,4-,5?/m.01/s1. The van der Waals surface area contributed by atoms with Gasteiger partial charge in [-0.15, -0.1) is 0 Å². The lowest BCUT2D eigenvalue weighted by molar-refractivity contribution is -0.169. The smallest absolute Gasteiger partial charge is 0.320 e. The second kappa shape index (κ2) is 12.6. The highest BCUT2D eigenvalue weighted by Gasteiger charge is 2.52. The van der Waals surface area contributed by atoms with Gasteiger partial charge >= 0.3 is 5.97 Å². The molecule has 11 nitrogen and oxygen atoms in total. The Morgan fingerprint density at radius 3 is 2.21 bits per heavy atom. The van der Waals surface area contributed by atoms with Gasteiger partial charge in [-0.05, 0) is 18.1 Å². The zero-order chi connectivity index (χ0) is 22.8. The molecule has 0 bridgehead atoms. The van der Waals surface area contributed by atoms with Gasteiger partial charge in [-0.1, -0.05) is 31.9 Å². The Morgan fingerprint density at radius 2 is 2.00 bits per heavy atom. The van der Waals surface area contributed by atoms with Crippen LogP contribution in [0.2, 0.25) is 0 Å². The molecule has 1 fully saturated rings. The normalized spacial score (nSPS) is 27.5. The van der Waals surface area contributed by atoms with Gasteiger partial charge in [-0.2, -0.15) is 0 Å². The van der Waals surface area contributed by atoms with Gasteiger partial charge in [0, 0.05) is 12.4 Å². The number of carbonyl (C=O) groups excluding carboxylic acids is 1. The van der Waals surface area contributed by atoms with E-state index in [0.29, 0.717) is 5.56 Å². The number of aromatic nitrogens is 1. The number of nitrogens with zero attached hydrogens (tertiary/aromatic N) is 1. The lowest BCUT2D eigenvalue weighted by Crippen LogP contribution is -2.38. The van der Waals surface area contributed by atoms with Crippen molar-refractivity contribution in [1.29, 1.82) is 0 Å². The molecule has 6 atom stereocenters. The molecule has 0 radical (unpaired) electrons. The summed E-state index contributed by atoms with van der Waals surface area (Å²) in [6.45, 7) is 3.25. The summed E-state index contributed by atoms with van der Waals surface area (Å²) in [5, 5.41) is 41.5. The van der Waals surface area contributed by atoms with Crippen molar-refractivity contribution in [2.24, 2.45) is 17.4 Å². The molecule has 1 saturated heterocycles. The number of ether oxygens (including phenoxy) is 1. The monoisotopic (exact) mass is 437 g/mol. The summed E-state index contributed by atoms with van der Waals surface area (Å²) in [5.74, 6) is -1.28. The van der Waals surface area contributed by atoms with Crippen molar-refractivity contribution >= 4 is 23.5 Å². The number of aliphatic carboxylic acids is 1. The summed E-state index contributed by atoms with van der Waals surface area (Å²) in [4.78, 5) is 24.3. The second-order valence-corrected chi connectivity index (χ2v) is 6.78. The Labute approximate surface area is 172 Å². The van der Waals surface area contributed by atoms with Crippen LogP contribution < -0.4 is 11.5 Å². The molecule has 9 N–H and O–H groups in total. The number of primary amides is 1. The molecule has 0 saturated carbocycles. The number of carboxylic acids is 1. The highest BCUT2D eigenvalue weighted by molar-refractivity contribution is 6.22. The van der Waals surface area contributed by atoms with Gasteiger partial charge in [0.15, 0.2) is 6.10 Å². The number of hydrogen-bond donors (Lipinski definition) is 7. The third kappa shape index (κ3) is 9.00. The van der Waals surface area contributed by atoms with Crippen molar-refractivity contribution in [3.8, 4) is 0 Å². The zero-order valence-electron chi connectivity index (χ0n) is 16.1. The van der Waals surface area contributed by atoms with Crippen LogP contribution in [0.4, 0.5) is 0 Å². The first kappa shape index (κ1) is 27.1. The summed E-state index contributed by atoms with van der Waals surface area (Å²) in [6, 6.07) is 2.59. The first-order valence-electron chi connectivity index (χ1n) is 8.63. The predicted molar refractivity (Wildman–Crippen MR) is 103 cm³/mol. The Balaban J connectivity index is 0.000000409. The lowest BCUT2D eigenvalue weighted by atomic mass is 10.0. The molecule has 2 heterocycles. The van der Waals surface area contributed by atoms with Crippen LogP contribution >= 0.6 is 11.6 Å². The van der Waals surface area contributed by atoms with E-state index >= 15 is 0 Å². The third-order valence-electron chi connectivity index (χ3n) is 4.05. The summed E-state index contributed by atoms with van der Waals surface area (Å²) >= 11 is 5.20. The molecule has 1 aliphatic rings. The van der Waals surface area contributed by atoms with Crippen LogP contribution in [0.5, 0.6) is 0 Å². The van der Waals surface area contributed by atoms with Crippen LogP contribution in [0, 0.1) is 5.92 Å². The molecule has 0 spiro atoms. The van der Waals surface area contributed by atoms with Gasteiger partial charge in [0.2, 0.25) is 5.91 Å². The number of nitrogens with two attached hydrogens (primary N) is 2. The van der Waals surface area contributed by atoms with E-state index < -0.39 is 48.1 Å². The number of amides is 1. The van der Waals surface area contributed by atoms with Crippen molar-refractivity contribution in [3.05, 3.63) is 30.1 Å². The Bertz CT molecular complexity index is 634. The topological polar surface area (TPSA) is 209 Å². The summed E-state index contributed by atoms with van der Waals surface area (Å²) in [5.41, 5.74) is 10.6. The quantitative estimate of drug-likeness (QED) is 0.268. The van der Waals surface area contributed by atoms with Crippen LogP contribution in [-0.4, -0.2) is 78.6 Å². The molecule has 1 aromatic rings. The average molecular weight is 438 g/mol. The molecule has 2 rings (SSSR count). The number of halogens is 1. The Morgan fingerprint density at radius 1 is 1.41 bits per heavy atom. The molecule has 1 unspecified atom stereocenters. The van der Waals surface area contributed by atoms with Gasteiger partial charge in [-0.25, -0.2) is 0 Å². The van der Waals surface area contributed by atoms with Crippen molar-refractivity contribution in [2.45, 2.75) is 49.9 Å². The van der Waals surface area contributed by atoms with Crippen LogP contribution in [0.25, 0.3) is 0 Å². The van der Waals surface area contributed by atoms with Gasteiger partial charge in [0.05, 0.1) is 12.2 Å². The minimum atomic E-state index is -2.28. The fraction of sp³-hybridized carbons (Fsp3) is 0.588. The Hall–Kier alpha value is -1.86. The minimum Gasteiger partial charge on any atom is -0.480 e. The van der Waals surface area contributed by atoms with E-state index in [0.717, 1.165) is 6.42 Å².